The van der Waals surface area contributed by atoms with Crippen molar-refractivity contribution >= 4 is 11.0 Å². The minimum absolute atomic E-state index is 0.0774. The number of aromatic amines is 1. The van der Waals surface area contributed by atoms with E-state index in [-0.39, 0.29) is 5.54 Å². The Kier molecular flexibility index (Phi) is 2.97. The molecule has 0 aliphatic heterocycles. The van der Waals surface area contributed by atoms with Gasteiger partial charge >= 0.3 is 0 Å². The van der Waals surface area contributed by atoms with E-state index < -0.39 is 0 Å². The molecule has 2 aromatic rings. The Hall–Kier alpha value is -1.35. The van der Waals surface area contributed by atoms with Gasteiger partial charge in [-0.1, -0.05) is 12.1 Å². The summed E-state index contributed by atoms with van der Waals surface area (Å²) >= 11 is 0. The molecule has 3 N–H and O–H groups in total. The molecule has 0 saturated carbocycles. The quantitative estimate of drug-likeness (QED) is 0.827. The van der Waals surface area contributed by atoms with Crippen molar-refractivity contribution in [3.63, 3.8) is 0 Å². The van der Waals surface area contributed by atoms with Crippen molar-refractivity contribution in [1.82, 2.24) is 9.97 Å². The molecular weight excluding hydrogens is 198 g/mol. The second-order valence-corrected chi connectivity index (χ2v) is 5.04. The molecular formula is C13H19N3. The summed E-state index contributed by atoms with van der Waals surface area (Å²) < 4.78 is 0. The molecule has 1 heterocycles. The van der Waals surface area contributed by atoms with Gasteiger partial charge in [0.2, 0.25) is 0 Å². The van der Waals surface area contributed by atoms with Gasteiger partial charge in [-0.25, -0.2) is 4.98 Å². The van der Waals surface area contributed by atoms with Crippen molar-refractivity contribution in [2.45, 2.75) is 38.6 Å². The number of fused-ring (bicyclic) bond motifs is 1. The number of para-hydroxylation sites is 2. The lowest BCUT2D eigenvalue weighted by Crippen LogP contribution is -2.31. The van der Waals surface area contributed by atoms with E-state index in [1.54, 1.807) is 0 Å². The van der Waals surface area contributed by atoms with Crippen LogP contribution in [0, 0.1) is 0 Å². The van der Waals surface area contributed by atoms with E-state index in [0.717, 1.165) is 36.1 Å². The Morgan fingerprint density at radius 3 is 2.75 bits per heavy atom. The third-order valence-electron chi connectivity index (χ3n) is 2.67. The third kappa shape index (κ3) is 2.83. The molecule has 0 amide bonds. The van der Waals surface area contributed by atoms with Crippen LogP contribution in [0.15, 0.2) is 24.3 Å². The molecule has 0 unspecified atom stereocenters. The first-order valence-electron chi connectivity index (χ1n) is 5.77. The van der Waals surface area contributed by atoms with Gasteiger partial charge in [-0.3, -0.25) is 0 Å². The van der Waals surface area contributed by atoms with E-state index in [1.807, 2.05) is 18.2 Å². The summed E-state index contributed by atoms with van der Waals surface area (Å²) in [6.07, 6.45) is 3.06. The van der Waals surface area contributed by atoms with Gasteiger partial charge in [0.25, 0.3) is 0 Å². The number of rotatable bonds is 4. The second kappa shape index (κ2) is 4.26. The van der Waals surface area contributed by atoms with Crippen LogP contribution in [0.4, 0.5) is 0 Å². The summed E-state index contributed by atoms with van der Waals surface area (Å²) in [5.74, 6) is 1.06. The number of benzene rings is 1. The van der Waals surface area contributed by atoms with Crippen molar-refractivity contribution in [3.8, 4) is 0 Å². The van der Waals surface area contributed by atoms with Gasteiger partial charge in [0.05, 0.1) is 11.0 Å². The Labute approximate surface area is 96.1 Å². The van der Waals surface area contributed by atoms with Crippen molar-refractivity contribution in [3.05, 3.63) is 30.1 Å². The fraction of sp³-hybridized carbons (Fsp3) is 0.462. The lowest BCUT2D eigenvalue weighted by molar-refractivity contribution is 0.457. The van der Waals surface area contributed by atoms with Crippen LogP contribution in [-0.2, 0) is 6.42 Å². The summed E-state index contributed by atoms with van der Waals surface area (Å²) in [5, 5.41) is 0. The smallest absolute Gasteiger partial charge is 0.107 e. The van der Waals surface area contributed by atoms with Gasteiger partial charge < -0.3 is 10.7 Å². The number of nitrogens with two attached hydrogens (primary N) is 1. The highest BCUT2D eigenvalue weighted by molar-refractivity contribution is 5.74. The molecule has 0 bridgehead atoms. The van der Waals surface area contributed by atoms with Gasteiger partial charge in [0.1, 0.15) is 5.82 Å². The summed E-state index contributed by atoms with van der Waals surface area (Å²) in [7, 11) is 0. The normalized spacial score (nSPS) is 12.2. The van der Waals surface area contributed by atoms with Crippen molar-refractivity contribution in [2.75, 3.05) is 0 Å². The maximum absolute atomic E-state index is 5.94. The highest BCUT2D eigenvalue weighted by atomic mass is 14.9. The number of aromatic nitrogens is 2. The minimum Gasteiger partial charge on any atom is -0.342 e. The summed E-state index contributed by atoms with van der Waals surface area (Å²) in [4.78, 5) is 7.87. The zero-order chi connectivity index (χ0) is 11.6. The first-order valence-corrected chi connectivity index (χ1v) is 5.77. The lowest BCUT2D eigenvalue weighted by atomic mass is 9.99. The maximum Gasteiger partial charge on any atom is 0.107 e. The van der Waals surface area contributed by atoms with Gasteiger partial charge in [-0.05, 0) is 38.8 Å². The lowest BCUT2D eigenvalue weighted by Gasteiger charge is -2.17. The van der Waals surface area contributed by atoms with Crippen LogP contribution >= 0.6 is 0 Å². The average molecular weight is 217 g/mol. The number of H-pyrrole nitrogens is 1. The molecule has 3 nitrogen and oxygen atoms in total. The minimum atomic E-state index is -0.0774. The van der Waals surface area contributed by atoms with Crippen LogP contribution in [0.5, 0.6) is 0 Å². The molecule has 0 aliphatic carbocycles. The number of nitrogens with zero attached hydrogens (tertiary/aromatic N) is 1. The van der Waals surface area contributed by atoms with Crippen molar-refractivity contribution in [2.24, 2.45) is 5.73 Å². The standard InChI is InChI=1S/C13H19N3/c1-13(2,14)9-5-8-12-15-10-6-3-4-7-11(10)16-12/h3-4,6-7H,5,8-9,14H2,1-2H3,(H,15,16). The van der Waals surface area contributed by atoms with Crippen LogP contribution in [0.3, 0.4) is 0 Å². The molecule has 86 valence electrons. The van der Waals surface area contributed by atoms with E-state index >= 15 is 0 Å². The van der Waals surface area contributed by atoms with E-state index in [9.17, 15) is 0 Å². The first-order chi connectivity index (χ1) is 7.54. The zero-order valence-electron chi connectivity index (χ0n) is 9.96. The Morgan fingerprint density at radius 2 is 2.06 bits per heavy atom. The van der Waals surface area contributed by atoms with Gasteiger partial charge in [-0.2, -0.15) is 0 Å². The molecule has 2 rings (SSSR count). The van der Waals surface area contributed by atoms with Gasteiger partial charge in [0.15, 0.2) is 0 Å². The highest BCUT2D eigenvalue weighted by Gasteiger charge is 2.10. The molecule has 16 heavy (non-hydrogen) atoms. The van der Waals surface area contributed by atoms with Crippen LogP contribution in [0.2, 0.25) is 0 Å². The van der Waals surface area contributed by atoms with Gasteiger partial charge in [0, 0.05) is 12.0 Å². The predicted molar refractivity (Wildman–Crippen MR) is 67.3 cm³/mol. The highest BCUT2D eigenvalue weighted by Crippen LogP contribution is 2.14. The number of imidazole rings is 1. The largest absolute Gasteiger partial charge is 0.342 e. The fourth-order valence-electron chi connectivity index (χ4n) is 1.84. The number of hydrogen-bond donors (Lipinski definition) is 2. The molecule has 0 atom stereocenters. The average Bonchev–Trinajstić information content (AvgIpc) is 2.57. The first kappa shape index (κ1) is 11.1. The zero-order valence-corrected chi connectivity index (χ0v) is 9.96. The summed E-state index contributed by atoms with van der Waals surface area (Å²) in [5.41, 5.74) is 8.03. The van der Waals surface area contributed by atoms with Crippen molar-refractivity contribution in [1.29, 1.82) is 0 Å². The molecule has 0 fully saturated rings. The summed E-state index contributed by atoms with van der Waals surface area (Å²) in [6, 6.07) is 8.12. The van der Waals surface area contributed by atoms with E-state index in [4.69, 9.17) is 5.73 Å². The number of aryl methyl sites for hydroxylation is 1. The van der Waals surface area contributed by atoms with Crippen LogP contribution in [-0.4, -0.2) is 15.5 Å². The topological polar surface area (TPSA) is 54.7 Å². The Balaban J connectivity index is 2.00. The monoisotopic (exact) mass is 217 g/mol. The van der Waals surface area contributed by atoms with Crippen LogP contribution in [0.25, 0.3) is 11.0 Å². The molecule has 1 aromatic carbocycles. The number of hydrogen-bond acceptors (Lipinski definition) is 2. The molecule has 0 saturated heterocycles. The van der Waals surface area contributed by atoms with E-state index in [0.29, 0.717) is 0 Å². The van der Waals surface area contributed by atoms with Gasteiger partial charge in [-0.15, -0.1) is 0 Å². The molecule has 0 aliphatic rings. The molecule has 1 aromatic heterocycles. The van der Waals surface area contributed by atoms with E-state index in [1.165, 1.54) is 0 Å². The third-order valence-corrected chi connectivity index (χ3v) is 2.67. The Bertz CT molecular complexity index is 432. The maximum atomic E-state index is 5.94. The molecule has 0 spiro atoms. The molecule has 3 heteroatoms. The SMILES string of the molecule is CC(C)(N)CCCc1nc2ccccc2[nH]1. The van der Waals surface area contributed by atoms with Crippen LogP contribution in [0.1, 0.15) is 32.5 Å². The molecule has 0 radical (unpaired) electrons. The Morgan fingerprint density at radius 1 is 1.31 bits per heavy atom. The predicted octanol–water partition coefficient (Wildman–Crippen LogP) is 2.62. The number of nitrogens with one attached hydrogen (secondary N) is 1. The fourth-order valence-corrected chi connectivity index (χ4v) is 1.84. The van der Waals surface area contributed by atoms with Crippen LogP contribution < -0.4 is 5.73 Å². The van der Waals surface area contributed by atoms with Crippen molar-refractivity contribution < 1.29 is 0 Å². The second-order valence-electron chi connectivity index (χ2n) is 5.04. The summed E-state index contributed by atoms with van der Waals surface area (Å²) in [6.45, 7) is 4.12. The van der Waals surface area contributed by atoms with E-state index in [2.05, 4.69) is 29.9 Å².